The van der Waals surface area contributed by atoms with Crippen LogP contribution in [0.4, 0.5) is 11.4 Å². The third-order valence-corrected chi connectivity index (χ3v) is 7.24. The summed E-state index contributed by atoms with van der Waals surface area (Å²) in [4.78, 5) is 23.2. The van der Waals surface area contributed by atoms with Crippen LogP contribution in [0, 0.1) is 0 Å². The van der Waals surface area contributed by atoms with Crippen LogP contribution >= 0.6 is 11.6 Å². The standard InChI is InChI=1S/C31H27ClN4O2/c32-24-13-5-6-14-25(24)34-31(37)29(22-10-2-1-3-11-22)35-18-20-36(21-19-35)30-23-12-4-8-16-27(23)38-28-17-9-7-15-26(28)33-30/h1-17,29H,18-21H2,(H,34,37). The fourth-order valence-corrected chi connectivity index (χ4v) is 5.21. The molecule has 1 N–H and O–H groups in total. The number of hydrogen-bond donors (Lipinski definition) is 1. The Balaban J connectivity index is 1.26. The van der Waals surface area contributed by atoms with Gasteiger partial charge in [-0.1, -0.05) is 78.3 Å². The van der Waals surface area contributed by atoms with E-state index in [1.807, 2.05) is 91.0 Å². The van der Waals surface area contributed by atoms with Gasteiger partial charge in [0.05, 0.1) is 16.3 Å². The van der Waals surface area contributed by atoms with Crippen molar-refractivity contribution in [1.29, 1.82) is 0 Å². The number of benzene rings is 4. The Hall–Kier alpha value is -4.13. The van der Waals surface area contributed by atoms with Gasteiger partial charge >= 0.3 is 0 Å². The molecule has 4 aromatic carbocycles. The van der Waals surface area contributed by atoms with Crippen molar-refractivity contribution in [1.82, 2.24) is 9.80 Å². The summed E-state index contributed by atoms with van der Waals surface area (Å²) in [5.74, 6) is 2.33. The number of piperazine rings is 1. The molecule has 190 valence electrons. The Morgan fingerprint density at radius 3 is 2.24 bits per heavy atom. The number of carbonyl (C=O) groups is 1. The van der Waals surface area contributed by atoms with Crippen LogP contribution in [0.25, 0.3) is 0 Å². The van der Waals surface area contributed by atoms with Crippen molar-refractivity contribution in [3.05, 3.63) is 119 Å². The second kappa shape index (κ2) is 10.7. The molecule has 1 amide bonds. The Morgan fingerprint density at radius 2 is 1.45 bits per heavy atom. The lowest BCUT2D eigenvalue weighted by Crippen LogP contribution is -2.51. The fraction of sp³-hybridized carbons (Fsp3) is 0.161. The van der Waals surface area contributed by atoms with E-state index in [1.54, 1.807) is 6.07 Å². The summed E-state index contributed by atoms with van der Waals surface area (Å²) in [6, 6.07) is 32.6. The lowest BCUT2D eigenvalue weighted by atomic mass is 10.0. The molecule has 0 spiro atoms. The molecule has 6 rings (SSSR count). The van der Waals surface area contributed by atoms with Crippen LogP contribution in [-0.4, -0.2) is 47.7 Å². The van der Waals surface area contributed by atoms with Crippen LogP contribution in [-0.2, 0) is 4.79 Å². The van der Waals surface area contributed by atoms with Gasteiger partial charge in [-0.25, -0.2) is 4.99 Å². The summed E-state index contributed by atoms with van der Waals surface area (Å²) >= 11 is 6.34. The molecule has 38 heavy (non-hydrogen) atoms. The summed E-state index contributed by atoms with van der Waals surface area (Å²) in [7, 11) is 0. The van der Waals surface area contributed by atoms with Crippen LogP contribution in [0.15, 0.2) is 108 Å². The molecule has 1 atom stereocenters. The molecule has 1 unspecified atom stereocenters. The molecule has 0 aromatic heterocycles. The van der Waals surface area contributed by atoms with E-state index in [9.17, 15) is 4.79 Å². The van der Waals surface area contributed by atoms with Crippen molar-refractivity contribution in [3.8, 4) is 11.5 Å². The highest BCUT2D eigenvalue weighted by molar-refractivity contribution is 6.33. The maximum Gasteiger partial charge on any atom is 0.246 e. The van der Waals surface area contributed by atoms with Crippen LogP contribution in [0.5, 0.6) is 11.5 Å². The Labute approximate surface area is 227 Å². The van der Waals surface area contributed by atoms with Gasteiger partial charge in [-0.15, -0.1) is 0 Å². The van der Waals surface area contributed by atoms with E-state index in [2.05, 4.69) is 21.2 Å². The minimum Gasteiger partial charge on any atom is -0.454 e. The first kappa shape index (κ1) is 24.2. The average Bonchev–Trinajstić information content (AvgIpc) is 3.12. The molecule has 0 bridgehead atoms. The number of para-hydroxylation sites is 4. The van der Waals surface area contributed by atoms with Gasteiger partial charge in [0, 0.05) is 26.2 Å². The monoisotopic (exact) mass is 522 g/mol. The highest BCUT2D eigenvalue weighted by Gasteiger charge is 2.33. The molecule has 4 aromatic rings. The maximum atomic E-state index is 13.6. The van der Waals surface area contributed by atoms with Crippen molar-refractivity contribution in [2.24, 2.45) is 4.99 Å². The molecule has 0 radical (unpaired) electrons. The zero-order valence-electron chi connectivity index (χ0n) is 20.8. The van der Waals surface area contributed by atoms with Gasteiger partial charge < -0.3 is 15.0 Å². The number of amidine groups is 1. The Morgan fingerprint density at radius 1 is 0.789 bits per heavy atom. The zero-order chi connectivity index (χ0) is 25.9. The second-order valence-corrected chi connectivity index (χ2v) is 9.71. The highest BCUT2D eigenvalue weighted by Crippen LogP contribution is 2.38. The van der Waals surface area contributed by atoms with E-state index in [1.165, 1.54) is 0 Å². The third kappa shape index (κ3) is 4.88. The van der Waals surface area contributed by atoms with Crippen LogP contribution in [0.2, 0.25) is 5.02 Å². The summed E-state index contributed by atoms with van der Waals surface area (Å²) in [5, 5.41) is 3.57. The topological polar surface area (TPSA) is 57.2 Å². The molecule has 0 saturated carbocycles. The predicted molar refractivity (Wildman–Crippen MR) is 152 cm³/mol. The molecular weight excluding hydrogens is 496 g/mol. The number of nitrogens with zero attached hydrogens (tertiary/aromatic N) is 3. The number of amides is 1. The van der Waals surface area contributed by atoms with Gasteiger partial charge in [0.25, 0.3) is 0 Å². The SMILES string of the molecule is O=C(Nc1ccccc1Cl)C(c1ccccc1)N1CCN(C2=Nc3ccccc3Oc3ccccc32)CC1. The van der Waals surface area contributed by atoms with Crippen LogP contribution in [0.1, 0.15) is 17.2 Å². The molecule has 6 nitrogen and oxygen atoms in total. The van der Waals surface area contributed by atoms with Crippen molar-refractivity contribution in [2.45, 2.75) is 6.04 Å². The molecule has 2 aliphatic rings. The van der Waals surface area contributed by atoms with Gasteiger partial charge in [-0.3, -0.25) is 9.69 Å². The normalized spacial score (nSPS) is 15.8. The number of fused-ring (bicyclic) bond motifs is 2. The number of ether oxygens (including phenoxy) is 1. The molecule has 1 fully saturated rings. The number of hydrogen-bond acceptors (Lipinski definition) is 5. The molecule has 0 aliphatic carbocycles. The molecule has 2 aliphatic heterocycles. The van der Waals surface area contributed by atoms with Gasteiger partial charge in [0.15, 0.2) is 5.75 Å². The number of rotatable bonds is 4. The van der Waals surface area contributed by atoms with E-state index in [4.69, 9.17) is 21.3 Å². The summed E-state index contributed by atoms with van der Waals surface area (Å²) in [6.07, 6.45) is 0. The molecule has 2 heterocycles. The van der Waals surface area contributed by atoms with Crippen molar-refractivity contribution >= 4 is 34.7 Å². The molecular formula is C31H27ClN4O2. The molecule has 7 heteroatoms. The van der Waals surface area contributed by atoms with E-state index in [0.29, 0.717) is 23.8 Å². The van der Waals surface area contributed by atoms with E-state index < -0.39 is 6.04 Å². The van der Waals surface area contributed by atoms with Gasteiger partial charge in [0.2, 0.25) is 5.91 Å². The van der Waals surface area contributed by atoms with Crippen LogP contribution < -0.4 is 10.1 Å². The second-order valence-electron chi connectivity index (χ2n) is 9.31. The van der Waals surface area contributed by atoms with Gasteiger partial charge in [0.1, 0.15) is 23.3 Å². The lowest BCUT2D eigenvalue weighted by Gasteiger charge is -2.40. The number of carbonyl (C=O) groups excluding carboxylic acids is 1. The summed E-state index contributed by atoms with van der Waals surface area (Å²) < 4.78 is 6.22. The van der Waals surface area contributed by atoms with Gasteiger partial charge in [-0.05, 0) is 42.0 Å². The lowest BCUT2D eigenvalue weighted by molar-refractivity contribution is -0.122. The quantitative estimate of drug-likeness (QED) is 0.331. The zero-order valence-corrected chi connectivity index (χ0v) is 21.5. The Bertz CT molecular complexity index is 1480. The van der Waals surface area contributed by atoms with E-state index >= 15 is 0 Å². The first-order valence-electron chi connectivity index (χ1n) is 12.7. The summed E-state index contributed by atoms with van der Waals surface area (Å²) in [6.45, 7) is 2.83. The number of nitrogens with one attached hydrogen (secondary N) is 1. The number of halogens is 1. The first-order valence-corrected chi connectivity index (χ1v) is 13.1. The smallest absolute Gasteiger partial charge is 0.246 e. The Kier molecular flexibility index (Phi) is 6.82. The minimum atomic E-state index is -0.443. The predicted octanol–water partition coefficient (Wildman–Crippen LogP) is 6.52. The van der Waals surface area contributed by atoms with Crippen molar-refractivity contribution in [3.63, 3.8) is 0 Å². The third-order valence-electron chi connectivity index (χ3n) is 6.91. The summed E-state index contributed by atoms with van der Waals surface area (Å²) in [5.41, 5.74) is 3.34. The fourth-order valence-electron chi connectivity index (χ4n) is 5.03. The largest absolute Gasteiger partial charge is 0.454 e. The number of anilines is 1. The van der Waals surface area contributed by atoms with Gasteiger partial charge in [-0.2, -0.15) is 0 Å². The minimum absolute atomic E-state index is 0.0998. The van der Waals surface area contributed by atoms with Crippen LogP contribution in [0.3, 0.4) is 0 Å². The highest BCUT2D eigenvalue weighted by atomic mass is 35.5. The number of aliphatic imine (C=N–C) groups is 1. The van der Waals surface area contributed by atoms with Crippen molar-refractivity contribution in [2.75, 3.05) is 31.5 Å². The van der Waals surface area contributed by atoms with E-state index in [-0.39, 0.29) is 5.91 Å². The maximum absolute atomic E-state index is 13.6. The van der Waals surface area contributed by atoms with E-state index in [0.717, 1.165) is 47.2 Å². The first-order chi connectivity index (χ1) is 18.7. The molecule has 1 saturated heterocycles. The average molecular weight is 523 g/mol. The van der Waals surface area contributed by atoms with Crippen molar-refractivity contribution < 1.29 is 9.53 Å².